The van der Waals surface area contributed by atoms with E-state index in [9.17, 15) is 19.8 Å². The molecule has 118 valence electrons. The monoisotopic (exact) mass is 322 g/mol. The van der Waals surface area contributed by atoms with Crippen molar-refractivity contribution in [2.75, 3.05) is 5.73 Å². The highest BCUT2D eigenvalue weighted by Crippen LogP contribution is 2.58. The number of fused-ring (bicyclic) bond motifs is 5. The Hall–Kier alpha value is -3.00. The van der Waals surface area contributed by atoms with Gasteiger partial charge >= 0.3 is 6.09 Å². The molecule has 0 bridgehead atoms. The zero-order valence-corrected chi connectivity index (χ0v) is 12.2. The number of ether oxygens (including phenoxy) is 1. The summed E-state index contributed by atoms with van der Waals surface area (Å²) in [5.74, 6) is -2.79. The molecule has 1 amide bonds. The summed E-state index contributed by atoms with van der Waals surface area (Å²) >= 11 is 0. The minimum absolute atomic E-state index is 0.0382. The van der Waals surface area contributed by atoms with Crippen molar-refractivity contribution in [1.29, 1.82) is 0 Å². The SMILES string of the molecule is [B]c1ccc2c(c1)OC1(O)c3cccc(N)c3C(=O)C21NC(=O)O. The zero-order chi connectivity index (χ0) is 17.3. The molecule has 8 heteroatoms. The van der Waals surface area contributed by atoms with Gasteiger partial charge in [-0.2, -0.15) is 0 Å². The van der Waals surface area contributed by atoms with Crippen molar-refractivity contribution in [3.63, 3.8) is 0 Å². The number of carbonyl (C=O) groups is 2. The maximum absolute atomic E-state index is 13.1. The van der Waals surface area contributed by atoms with Gasteiger partial charge in [-0.15, -0.1) is 0 Å². The Morgan fingerprint density at radius 1 is 1.25 bits per heavy atom. The first-order valence-corrected chi connectivity index (χ1v) is 7.07. The first kappa shape index (κ1) is 14.6. The van der Waals surface area contributed by atoms with Gasteiger partial charge in [0.15, 0.2) is 0 Å². The van der Waals surface area contributed by atoms with Gasteiger partial charge in [0.2, 0.25) is 11.3 Å². The van der Waals surface area contributed by atoms with E-state index in [0.29, 0.717) is 5.46 Å². The van der Waals surface area contributed by atoms with Crippen LogP contribution in [0.4, 0.5) is 10.5 Å². The molecule has 2 aromatic carbocycles. The van der Waals surface area contributed by atoms with Crippen LogP contribution in [0, 0.1) is 0 Å². The molecule has 0 saturated heterocycles. The van der Waals surface area contributed by atoms with Crippen molar-refractivity contribution in [3.05, 3.63) is 53.1 Å². The molecule has 0 aromatic heterocycles. The number of Topliss-reactive ketones (excluding diaryl/α,β-unsaturated/α-hetero) is 1. The Morgan fingerprint density at radius 3 is 2.71 bits per heavy atom. The average molecular weight is 322 g/mol. The van der Waals surface area contributed by atoms with Gasteiger partial charge in [-0.25, -0.2) is 4.79 Å². The molecule has 4 rings (SSSR count). The number of hydrogen-bond donors (Lipinski definition) is 4. The van der Waals surface area contributed by atoms with Crippen LogP contribution in [0.1, 0.15) is 21.5 Å². The van der Waals surface area contributed by atoms with Crippen LogP contribution in [0.3, 0.4) is 0 Å². The van der Waals surface area contributed by atoms with E-state index in [2.05, 4.69) is 5.32 Å². The molecule has 0 fully saturated rings. The third-order valence-electron chi connectivity index (χ3n) is 4.50. The van der Waals surface area contributed by atoms with Crippen molar-refractivity contribution in [2.24, 2.45) is 0 Å². The van der Waals surface area contributed by atoms with E-state index >= 15 is 0 Å². The summed E-state index contributed by atoms with van der Waals surface area (Å²) in [6.07, 6.45) is -1.48. The van der Waals surface area contributed by atoms with E-state index in [1.165, 1.54) is 30.3 Å². The Balaban J connectivity index is 2.08. The van der Waals surface area contributed by atoms with Crippen molar-refractivity contribution in [3.8, 4) is 5.75 Å². The van der Waals surface area contributed by atoms with Crippen LogP contribution < -0.4 is 21.3 Å². The summed E-state index contributed by atoms with van der Waals surface area (Å²) in [7, 11) is 5.72. The molecule has 1 aliphatic carbocycles. The molecule has 1 heterocycles. The lowest BCUT2D eigenvalue weighted by molar-refractivity contribution is -0.169. The molecule has 5 N–H and O–H groups in total. The standard InChI is InChI=1S/C16H11BN2O5/c17-7-4-5-8-11(6-7)24-16(23)9-2-1-3-10(18)12(9)13(20)15(8,16)19-14(21)22/h1-6,19,23H,18H2,(H,21,22). The number of anilines is 1. The molecule has 0 spiro atoms. The third-order valence-corrected chi connectivity index (χ3v) is 4.50. The fraction of sp³-hybridized carbons (Fsp3) is 0.125. The van der Waals surface area contributed by atoms with Crippen LogP contribution in [0.5, 0.6) is 5.75 Å². The topological polar surface area (TPSA) is 122 Å². The van der Waals surface area contributed by atoms with E-state index < -0.39 is 23.2 Å². The largest absolute Gasteiger partial charge is 0.465 e. The van der Waals surface area contributed by atoms with Gasteiger partial charge in [0, 0.05) is 16.8 Å². The summed E-state index contributed by atoms with van der Waals surface area (Å²) in [4.78, 5) is 24.5. The van der Waals surface area contributed by atoms with Crippen molar-refractivity contribution >= 4 is 30.9 Å². The van der Waals surface area contributed by atoms with Crippen LogP contribution in [0.15, 0.2) is 36.4 Å². The highest BCUT2D eigenvalue weighted by Gasteiger charge is 2.72. The second-order valence-electron chi connectivity index (χ2n) is 5.78. The van der Waals surface area contributed by atoms with E-state index in [0.717, 1.165) is 0 Å². The highest BCUT2D eigenvalue weighted by molar-refractivity contribution is 6.32. The number of amides is 1. The summed E-state index contributed by atoms with van der Waals surface area (Å²) in [6, 6.07) is 8.91. The predicted molar refractivity (Wildman–Crippen MR) is 84.4 cm³/mol. The normalized spacial score (nSPS) is 26.3. The summed E-state index contributed by atoms with van der Waals surface area (Å²) in [5, 5.41) is 22.7. The number of benzene rings is 2. The van der Waals surface area contributed by atoms with Crippen LogP contribution in [0.25, 0.3) is 0 Å². The fourth-order valence-electron chi connectivity index (χ4n) is 3.55. The molecule has 2 aliphatic rings. The van der Waals surface area contributed by atoms with Gasteiger partial charge in [0.1, 0.15) is 13.6 Å². The Kier molecular flexibility index (Phi) is 2.61. The number of rotatable bonds is 1. The molecule has 0 saturated carbocycles. The number of carbonyl (C=O) groups excluding carboxylic acids is 1. The van der Waals surface area contributed by atoms with E-state index in [1.807, 2.05) is 0 Å². The smallest absolute Gasteiger partial charge is 0.405 e. The lowest BCUT2D eigenvalue weighted by Crippen LogP contribution is -2.59. The molecular formula is C16H11BN2O5. The number of hydrogen-bond acceptors (Lipinski definition) is 5. The van der Waals surface area contributed by atoms with Crippen molar-refractivity contribution < 1.29 is 24.5 Å². The van der Waals surface area contributed by atoms with Gasteiger partial charge in [0.25, 0.3) is 5.79 Å². The number of nitrogen functional groups attached to an aromatic ring is 1. The average Bonchev–Trinajstić information content (AvgIpc) is 2.84. The molecule has 2 unspecified atom stereocenters. The summed E-state index contributed by atoms with van der Waals surface area (Å²) in [6.45, 7) is 0. The van der Waals surface area contributed by atoms with Crippen LogP contribution >= 0.6 is 0 Å². The first-order chi connectivity index (χ1) is 11.3. The fourth-order valence-corrected chi connectivity index (χ4v) is 3.55. The van der Waals surface area contributed by atoms with Gasteiger partial charge in [-0.05, 0) is 12.1 Å². The lowest BCUT2D eigenvalue weighted by atomic mass is 9.81. The molecule has 2 radical (unpaired) electrons. The molecule has 1 aliphatic heterocycles. The van der Waals surface area contributed by atoms with Crippen LogP contribution in [-0.2, 0) is 11.3 Å². The zero-order valence-electron chi connectivity index (χ0n) is 12.2. The number of carboxylic acid groups (broad SMARTS) is 1. The molecule has 7 nitrogen and oxygen atoms in total. The summed E-state index contributed by atoms with van der Waals surface area (Å²) in [5.41, 5.74) is 4.64. The Labute approximate surface area is 137 Å². The predicted octanol–water partition coefficient (Wildman–Crippen LogP) is -0.0405. The van der Waals surface area contributed by atoms with Crippen LogP contribution in [-0.4, -0.2) is 29.9 Å². The lowest BCUT2D eigenvalue weighted by Gasteiger charge is -2.33. The number of nitrogens with one attached hydrogen (secondary N) is 1. The Bertz CT molecular complexity index is 931. The molecular weight excluding hydrogens is 311 g/mol. The minimum atomic E-state index is -2.25. The third kappa shape index (κ3) is 1.46. The van der Waals surface area contributed by atoms with E-state index in [4.69, 9.17) is 18.3 Å². The second-order valence-corrected chi connectivity index (χ2v) is 5.78. The molecule has 2 aromatic rings. The maximum atomic E-state index is 13.1. The van der Waals surface area contributed by atoms with Crippen molar-refractivity contribution in [1.82, 2.24) is 5.32 Å². The quantitative estimate of drug-likeness (QED) is 0.432. The maximum Gasteiger partial charge on any atom is 0.405 e. The van der Waals surface area contributed by atoms with Crippen LogP contribution in [0.2, 0.25) is 0 Å². The van der Waals surface area contributed by atoms with E-state index in [-0.39, 0.29) is 28.1 Å². The van der Waals surface area contributed by atoms with Gasteiger partial charge in [-0.1, -0.05) is 29.7 Å². The van der Waals surface area contributed by atoms with Crippen molar-refractivity contribution in [2.45, 2.75) is 11.3 Å². The Morgan fingerprint density at radius 2 is 2.00 bits per heavy atom. The molecule has 2 atom stereocenters. The number of ketones is 1. The van der Waals surface area contributed by atoms with Gasteiger partial charge < -0.3 is 20.7 Å². The van der Waals surface area contributed by atoms with Gasteiger partial charge in [-0.3, -0.25) is 10.1 Å². The number of nitrogens with two attached hydrogens (primary N) is 1. The second kappa shape index (κ2) is 4.30. The first-order valence-electron chi connectivity index (χ1n) is 7.07. The van der Waals surface area contributed by atoms with Gasteiger partial charge in [0.05, 0.1) is 5.56 Å². The number of aliphatic hydroxyl groups is 1. The summed E-state index contributed by atoms with van der Waals surface area (Å²) < 4.78 is 5.63. The highest BCUT2D eigenvalue weighted by atomic mass is 16.6. The minimum Gasteiger partial charge on any atom is -0.465 e. The molecule has 24 heavy (non-hydrogen) atoms. The van der Waals surface area contributed by atoms with E-state index in [1.54, 1.807) is 6.07 Å².